The van der Waals surface area contributed by atoms with E-state index in [4.69, 9.17) is 11.6 Å². The first-order chi connectivity index (χ1) is 19.5. The van der Waals surface area contributed by atoms with E-state index < -0.39 is 53.8 Å². The minimum atomic E-state index is -4.26. The van der Waals surface area contributed by atoms with Crippen molar-refractivity contribution in [2.75, 3.05) is 36.4 Å². The fourth-order valence-corrected chi connectivity index (χ4v) is 4.97. The molecule has 1 aliphatic heterocycles. The summed E-state index contributed by atoms with van der Waals surface area (Å²) in [5.74, 6) is -4.21. The van der Waals surface area contributed by atoms with E-state index in [1.165, 1.54) is 26.0 Å². The van der Waals surface area contributed by atoms with Crippen molar-refractivity contribution in [2.24, 2.45) is 5.92 Å². The lowest BCUT2D eigenvalue weighted by molar-refractivity contribution is -0.139. The Morgan fingerprint density at radius 2 is 1.79 bits per heavy atom. The van der Waals surface area contributed by atoms with Crippen LogP contribution in [0.5, 0.6) is 0 Å². The highest BCUT2D eigenvalue weighted by atomic mass is 35.5. The molecule has 2 amide bonds. The molecule has 1 heterocycles. The number of halogens is 6. The number of alkyl halides is 3. The topological polar surface area (TPSA) is 84.9 Å². The molecule has 3 rings (SSSR count). The molecule has 0 bridgehead atoms. The number of nitrogens with zero attached hydrogens (tertiary/aromatic N) is 2. The van der Waals surface area contributed by atoms with Crippen LogP contribution < -0.4 is 15.5 Å². The van der Waals surface area contributed by atoms with Crippen LogP contribution >= 0.6 is 11.6 Å². The third kappa shape index (κ3) is 9.02. The fraction of sp³-hybridized carbons (Fsp3) is 0.517. The molecule has 0 radical (unpaired) electrons. The molecule has 0 unspecified atom stereocenters. The Hall–Kier alpha value is -2.96. The molecule has 0 saturated carbocycles. The number of piperazine rings is 1. The average molecular weight is 619 g/mol. The lowest BCUT2D eigenvalue weighted by Crippen LogP contribution is -2.54. The summed E-state index contributed by atoms with van der Waals surface area (Å²) in [4.78, 5) is 28.7. The van der Waals surface area contributed by atoms with Gasteiger partial charge in [-0.3, -0.25) is 14.5 Å². The van der Waals surface area contributed by atoms with Crippen LogP contribution in [0.25, 0.3) is 0 Å². The van der Waals surface area contributed by atoms with Gasteiger partial charge in [-0.15, -0.1) is 0 Å². The summed E-state index contributed by atoms with van der Waals surface area (Å²) >= 11 is 6.25. The second-order valence-electron chi connectivity index (χ2n) is 11.4. The molecule has 2 aromatic carbocycles. The van der Waals surface area contributed by atoms with Gasteiger partial charge < -0.3 is 20.6 Å². The van der Waals surface area contributed by atoms with Gasteiger partial charge in [-0.05, 0) is 50.5 Å². The number of carbonyl (C=O) groups is 2. The van der Waals surface area contributed by atoms with Gasteiger partial charge in [0.2, 0.25) is 0 Å². The zero-order valence-electron chi connectivity index (χ0n) is 23.9. The standard InChI is InChI=1S/C29H36ClF5N4O3/c1-17(2)13-20-16-39(12-11-38(20)10-9-29(33,34)35)23-14-19(30)6-8-22(23)37-26(40)21-7-5-18(24(31)25(21)32)15-36-27(41)28(3,4)42/h5-8,14,17,20,42H,9-13,15-16H2,1-4H3,(H,36,41)(H,37,40)/t20-/m0/s1. The first-order valence-electron chi connectivity index (χ1n) is 13.6. The maximum atomic E-state index is 15.0. The zero-order valence-corrected chi connectivity index (χ0v) is 24.7. The third-order valence-corrected chi connectivity index (χ3v) is 7.22. The summed E-state index contributed by atoms with van der Waals surface area (Å²) in [6.07, 6.45) is -4.52. The second-order valence-corrected chi connectivity index (χ2v) is 11.8. The predicted molar refractivity (Wildman–Crippen MR) is 152 cm³/mol. The molecule has 42 heavy (non-hydrogen) atoms. The van der Waals surface area contributed by atoms with E-state index in [1.807, 2.05) is 23.6 Å². The number of amides is 2. The summed E-state index contributed by atoms with van der Waals surface area (Å²) < 4.78 is 68.5. The van der Waals surface area contributed by atoms with Crippen molar-refractivity contribution in [3.63, 3.8) is 0 Å². The molecule has 13 heteroatoms. The number of aliphatic hydroxyl groups is 1. The highest BCUT2D eigenvalue weighted by Gasteiger charge is 2.33. The summed E-state index contributed by atoms with van der Waals surface area (Å²) in [5.41, 5.74) is -1.71. The number of anilines is 2. The summed E-state index contributed by atoms with van der Waals surface area (Å²) in [6, 6.07) is 6.74. The summed E-state index contributed by atoms with van der Waals surface area (Å²) in [5, 5.41) is 15.0. The van der Waals surface area contributed by atoms with Crippen LogP contribution in [0.15, 0.2) is 30.3 Å². The molecule has 2 aromatic rings. The fourth-order valence-electron chi connectivity index (χ4n) is 4.80. The molecule has 1 fully saturated rings. The van der Waals surface area contributed by atoms with Crippen LogP contribution in [0.4, 0.5) is 33.3 Å². The number of hydrogen-bond acceptors (Lipinski definition) is 5. The van der Waals surface area contributed by atoms with Gasteiger partial charge in [0.1, 0.15) is 5.60 Å². The van der Waals surface area contributed by atoms with Crippen molar-refractivity contribution >= 4 is 34.8 Å². The van der Waals surface area contributed by atoms with E-state index in [9.17, 15) is 36.6 Å². The molecule has 0 spiro atoms. The molecule has 0 aliphatic carbocycles. The Kier molecular flexibility index (Phi) is 10.8. The molecule has 0 aromatic heterocycles. The first kappa shape index (κ1) is 33.5. The Morgan fingerprint density at radius 3 is 2.40 bits per heavy atom. The minimum absolute atomic E-state index is 0.115. The second kappa shape index (κ2) is 13.6. The van der Waals surface area contributed by atoms with Crippen LogP contribution in [-0.2, 0) is 11.3 Å². The van der Waals surface area contributed by atoms with Crippen molar-refractivity contribution in [3.8, 4) is 0 Å². The SMILES string of the molecule is CC(C)C[C@H]1CN(c2cc(Cl)ccc2NC(=O)c2ccc(CNC(=O)C(C)(C)O)c(F)c2F)CCN1CCC(F)(F)F. The van der Waals surface area contributed by atoms with Crippen LogP contribution in [-0.4, -0.2) is 65.8 Å². The number of nitrogens with one attached hydrogen (secondary N) is 2. The van der Waals surface area contributed by atoms with Gasteiger partial charge in [-0.25, -0.2) is 8.78 Å². The highest BCUT2D eigenvalue weighted by Crippen LogP contribution is 2.33. The first-order valence-corrected chi connectivity index (χ1v) is 14.0. The summed E-state index contributed by atoms with van der Waals surface area (Å²) in [7, 11) is 0. The summed E-state index contributed by atoms with van der Waals surface area (Å²) in [6.45, 7) is 7.07. The minimum Gasteiger partial charge on any atom is -0.381 e. The van der Waals surface area contributed by atoms with Gasteiger partial charge in [-0.2, -0.15) is 13.2 Å². The van der Waals surface area contributed by atoms with E-state index in [0.29, 0.717) is 36.8 Å². The zero-order chi connectivity index (χ0) is 31.4. The Bertz CT molecular complexity index is 1280. The van der Waals surface area contributed by atoms with Crippen LogP contribution in [0.2, 0.25) is 5.02 Å². The smallest absolute Gasteiger partial charge is 0.381 e. The van der Waals surface area contributed by atoms with Gasteiger partial charge >= 0.3 is 6.18 Å². The van der Waals surface area contributed by atoms with E-state index in [1.54, 1.807) is 6.07 Å². The lowest BCUT2D eigenvalue weighted by Gasteiger charge is -2.43. The van der Waals surface area contributed by atoms with Crippen LogP contribution in [0.1, 0.15) is 56.5 Å². The molecule has 7 nitrogen and oxygen atoms in total. The van der Waals surface area contributed by atoms with Crippen molar-refractivity contribution in [2.45, 2.75) is 64.9 Å². The number of carbonyl (C=O) groups excluding carboxylic acids is 2. The maximum Gasteiger partial charge on any atom is 0.390 e. The van der Waals surface area contributed by atoms with E-state index in [2.05, 4.69) is 10.6 Å². The average Bonchev–Trinajstić information content (AvgIpc) is 2.88. The van der Waals surface area contributed by atoms with E-state index >= 15 is 0 Å². The largest absolute Gasteiger partial charge is 0.390 e. The van der Waals surface area contributed by atoms with Crippen molar-refractivity contribution in [3.05, 3.63) is 58.1 Å². The molecular formula is C29H36ClF5N4O3. The van der Waals surface area contributed by atoms with Crippen molar-refractivity contribution < 1.29 is 36.6 Å². The Labute approximate surface area is 247 Å². The quantitative estimate of drug-likeness (QED) is 0.296. The Morgan fingerprint density at radius 1 is 1.10 bits per heavy atom. The molecule has 232 valence electrons. The van der Waals surface area contributed by atoms with Gasteiger partial charge in [0, 0.05) is 49.4 Å². The molecular weight excluding hydrogens is 583 g/mol. The monoisotopic (exact) mass is 618 g/mol. The number of benzene rings is 2. The Balaban J connectivity index is 1.80. The van der Waals surface area contributed by atoms with Crippen LogP contribution in [0, 0.1) is 17.6 Å². The maximum absolute atomic E-state index is 15.0. The normalized spacial score (nSPS) is 16.6. The molecule has 1 saturated heterocycles. The van der Waals surface area contributed by atoms with Gasteiger partial charge in [0.05, 0.1) is 23.4 Å². The van der Waals surface area contributed by atoms with E-state index in [-0.39, 0.29) is 29.8 Å². The van der Waals surface area contributed by atoms with Gasteiger partial charge in [-0.1, -0.05) is 31.5 Å². The van der Waals surface area contributed by atoms with E-state index in [0.717, 1.165) is 12.1 Å². The van der Waals surface area contributed by atoms with Crippen molar-refractivity contribution in [1.29, 1.82) is 0 Å². The molecule has 1 aliphatic rings. The third-order valence-electron chi connectivity index (χ3n) is 6.98. The molecule has 3 N–H and O–H groups in total. The molecule has 1 atom stereocenters. The lowest BCUT2D eigenvalue weighted by atomic mass is 9.99. The van der Waals surface area contributed by atoms with Gasteiger partial charge in [0.25, 0.3) is 11.8 Å². The van der Waals surface area contributed by atoms with Gasteiger partial charge in [0.15, 0.2) is 11.6 Å². The van der Waals surface area contributed by atoms with Crippen LogP contribution in [0.3, 0.4) is 0 Å². The predicted octanol–water partition coefficient (Wildman–Crippen LogP) is 5.75. The number of rotatable bonds is 10. The number of hydrogen-bond donors (Lipinski definition) is 3. The highest BCUT2D eigenvalue weighted by molar-refractivity contribution is 6.31. The van der Waals surface area contributed by atoms with Crippen molar-refractivity contribution in [1.82, 2.24) is 10.2 Å².